The van der Waals surface area contributed by atoms with E-state index in [1.165, 1.54) is 5.56 Å². The zero-order valence-electron chi connectivity index (χ0n) is 17.7. The van der Waals surface area contributed by atoms with Gasteiger partial charge in [-0.1, -0.05) is 48.0 Å². The first-order chi connectivity index (χ1) is 14.5. The van der Waals surface area contributed by atoms with E-state index in [4.69, 9.17) is 9.26 Å². The van der Waals surface area contributed by atoms with Gasteiger partial charge in [0.05, 0.1) is 12.5 Å². The molecule has 156 valence electrons. The molecule has 1 aromatic heterocycles. The maximum Gasteiger partial charge on any atom is 0.232 e. The minimum Gasteiger partial charge on any atom is -0.494 e. The number of rotatable bonds is 7. The second kappa shape index (κ2) is 8.69. The minimum atomic E-state index is -0.0725. The van der Waals surface area contributed by atoms with Crippen LogP contribution in [0.1, 0.15) is 48.3 Å². The van der Waals surface area contributed by atoms with Gasteiger partial charge < -0.3 is 14.2 Å². The molecular formula is C24H27N3O3. The first-order valence-electron chi connectivity index (χ1n) is 10.4. The largest absolute Gasteiger partial charge is 0.494 e. The van der Waals surface area contributed by atoms with E-state index >= 15 is 0 Å². The van der Waals surface area contributed by atoms with Crippen LogP contribution >= 0.6 is 0 Å². The molecule has 1 aliphatic rings. The molecule has 1 amide bonds. The number of hydrogen-bond acceptors (Lipinski definition) is 5. The van der Waals surface area contributed by atoms with Gasteiger partial charge in [0, 0.05) is 25.1 Å². The fourth-order valence-corrected chi connectivity index (χ4v) is 3.80. The van der Waals surface area contributed by atoms with Crippen LogP contribution in [0.2, 0.25) is 0 Å². The van der Waals surface area contributed by atoms with Gasteiger partial charge in [0.15, 0.2) is 0 Å². The van der Waals surface area contributed by atoms with Gasteiger partial charge in [-0.25, -0.2) is 0 Å². The Morgan fingerprint density at radius 2 is 1.97 bits per heavy atom. The highest BCUT2D eigenvalue weighted by molar-refractivity contribution is 5.79. The van der Waals surface area contributed by atoms with Crippen molar-refractivity contribution in [3.63, 3.8) is 0 Å². The Morgan fingerprint density at radius 1 is 1.17 bits per heavy atom. The number of aryl methyl sites for hydroxylation is 2. The number of aromatic nitrogens is 2. The molecule has 0 spiro atoms. The van der Waals surface area contributed by atoms with Crippen molar-refractivity contribution in [3.05, 3.63) is 65.0 Å². The molecule has 1 saturated heterocycles. The van der Waals surface area contributed by atoms with Crippen LogP contribution in [0.5, 0.6) is 5.75 Å². The number of nitrogens with zero attached hydrogens (tertiary/aromatic N) is 3. The van der Waals surface area contributed by atoms with Gasteiger partial charge in [0.1, 0.15) is 5.75 Å². The van der Waals surface area contributed by atoms with Crippen LogP contribution in [-0.4, -0.2) is 34.1 Å². The SMILES string of the molecule is CCCOc1ccc(CN2CC(c3nc(-c4ccc(C)cc4C)no3)CC2=O)cc1. The Hall–Kier alpha value is -3.15. The summed E-state index contributed by atoms with van der Waals surface area (Å²) in [7, 11) is 0. The Morgan fingerprint density at radius 3 is 2.70 bits per heavy atom. The van der Waals surface area contributed by atoms with E-state index in [1.54, 1.807) is 0 Å². The van der Waals surface area contributed by atoms with Crippen molar-refractivity contribution in [2.75, 3.05) is 13.2 Å². The number of carbonyl (C=O) groups excluding carboxylic acids is 1. The summed E-state index contributed by atoms with van der Waals surface area (Å²) >= 11 is 0. The zero-order valence-corrected chi connectivity index (χ0v) is 17.7. The number of likely N-dealkylation sites (tertiary alicyclic amines) is 1. The highest BCUT2D eigenvalue weighted by Crippen LogP contribution is 2.30. The molecule has 6 heteroatoms. The summed E-state index contributed by atoms with van der Waals surface area (Å²) < 4.78 is 11.2. The average Bonchev–Trinajstić information content (AvgIpc) is 3.35. The van der Waals surface area contributed by atoms with Gasteiger partial charge >= 0.3 is 0 Å². The molecular weight excluding hydrogens is 378 g/mol. The predicted molar refractivity (Wildman–Crippen MR) is 114 cm³/mol. The van der Waals surface area contributed by atoms with Crippen LogP contribution in [0.25, 0.3) is 11.4 Å². The van der Waals surface area contributed by atoms with Crippen molar-refractivity contribution in [3.8, 4) is 17.1 Å². The third kappa shape index (κ3) is 4.37. The fourth-order valence-electron chi connectivity index (χ4n) is 3.80. The lowest BCUT2D eigenvalue weighted by atomic mass is 10.1. The van der Waals surface area contributed by atoms with Crippen LogP contribution in [0, 0.1) is 13.8 Å². The Balaban J connectivity index is 1.42. The topological polar surface area (TPSA) is 68.5 Å². The van der Waals surface area contributed by atoms with E-state index < -0.39 is 0 Å². The number of benzene rings is 2. The molecule has 1 fully saturated rings. The summed E-state index contributed by atoms with van der Waals surface area (Å²) in [5, 5.41) is 4.16. The molecule has 1 atom stereocenters. The highest BCUT2D eigenvalue weighted by atomic mass is 16.5. The molecule has 2 aromatic carbocycles. The van der Waals surface area contributed by atoms with Gasteiger partial charge in [-0.2, -0.15) is 4.98 Å². The molecule has 0 N–H and O–H groups in total. The lowest BCUT2D eigenvalue weighted by Crippen LogP contribution is -2.24. The first-order valence-corrected chi connectivity index (χ1v) is 10.4. The molecule has 2 heterocycles. The molecule has 30 heavy (non-hydrogen) atoms. The Kier molecular flexibility index (Phi) is 5.84. The minimum absolute atomic E-state index is 0.0725. The summed E-state index contributed by atoms with van der Waals surface area (Å²) in [6.45, 7) is 8.04. The van der Waals surface area contributed by atoms with Crippen molar-refractivity contribution in [2.45, 2.75) is 46.1 Å². The van der Waals surface area contributed by atoms with Gasteiger partial charge in [-0.05, 0) is 43.5 Å². The Labute approximate surface area is 176 Å². The molecule has 1 aliphatic heterocycles. The van der Waals surface area contributed by atoms with E-state index in [0.29, 0.717) is 37.8 Å². The molecule has 0 bridgehead atoms. The van der Waals surface area contributed by atoms with Gasteiger partial charge in [0.2, 0.25) is 17.6 Å². The summed E-state index contributed by atoms with van der Waals surface area (Å²) in [6, 6.07) is 14.1. The summed E-state index contributed by atoms with van der Waals surface area (Å²) in [6.07, 6.45) is 1.37. The monoisotopic (exact) mass is 405 g/mol. The molecule has 1 unspecified atom stereocenters. The van der Waals surface area contributed by atoms with E-state index in [9.17, 15) is 4.79 Å². The van der Waals surface area contributed by atoms with Gasteiger partial charge in [0.25, 0.3) is 0 Å². The van der Waals surface area contributed by atoms with Crippen LogP contribution in [0.15, 0.2) is 47.0 Å². The first kappa shape index (κ1) is 20.1. The maximum atomic E-state index is 12.6. The van der Waals surface area contributed by atoms with Crippen LogP contribution < -0.4 is 4.74 Å². The number of carbonyl (C=O) groups is 1. The second-order valence-corrected chi connectivity index (χ2v) is 7.94. The average molecular weight is 405 g/mol. The zero-order chi connectivity index (χ0) is 21.1. The third-order valence-electron chi connectivity index (χ3n) is 5.40. The molecule has 0 aliphatic carbocycles. The summed E-state index contributed by atoms with van der Waals surface area (Å²) in [4.78, 5) is 19.0. The third-order valence-corrected chi connectivity index (χ3v) is 5.40. The molecule has 3 aromatic rings. The van der Waals surface area contributed by atoms with E-state index in [2.05, 4.69) is 30.1 Å². The van der Waals surface area contributed by atoms with Crippen molar-refractivity contribution >= 4 is 5.91 Å². The fraction of sp³-hybridized carbons (Fsp3) is 0.375. The standard InChI is InChI=1S/C24H27N3O3/c1-4-11-29-20-8-6-18(7-9-20)14-27-15-19(13-22(27)28)24-25-23(26-30-24)21-10-5-16(2)12-17(21)3/h5-10,12,19H,4,11,13-15H2,1-3H3. The number of amides is 1. The molecule has 4 rings (SSSR count). The number of hydrogen-bond donors (Lipinski definition) is 0. The van der Waals surface area contributed by atoms with Crippen molar-refractivity contribution < 1.29 is 14.1 Å². The van der Waals surface area contributed by atoms with Gasteiger partial charge in [-0.15, -0.1) is 0 Å². The lowest BCUT2D eigenvalue weighted by molar-refractivity contribution is -0.128. The van der Waals surface area contributed by atoms with Gasteiger partial charge in [-0.3, -0.25) is 4.79 Å². The summed E-state index contributed by atoms with van der Waals surface area (Å²) in [5.74, 6) is 2.01. The molecule has 6 nitrogen and oxygen atoms in total. The quantitative estimate of drug-likeness (QED) is 0.572. The Bertz CT molecular complexity index is 1030. The lowest BCUT2D eigenvalue weighted by Gasteiger charge is -2.16. The predicted octanol–water partition coefficient (Wildman–Crippen LogP) is 4.66. The molecule has 0 saturated carbocycles. The number of ether oxygens (including phenoxy) is 1. The van der Waals surface area contributed by atoms with Crippen molar-refractivity contribution in [2.24, 2.45) is 0 Å². The van der Waals surface area contributed by atoms with E-state index in [1.807, 2.05) is 48.2 Å². The summed E-state index contributed by atoms with van der Waals surface area (Å²) in [5.41, 5.74) is 4.34. The smallest absolute Gasteiger partial charge is 0.232 e. The van der Waals surface area contributed by atoms with Crippen molar-refractivity contribution in [1.82, 2.24) is 15.0 Å². The van der Waals surface area contributed by atoms with Crippen LogP contribution in [0.3, 0.4) is 0 Å². The van der Waals surface area contributed by atoms with Crippen LogP contribution in [-0.2, 0) is 11.3 Å². The molecule has 0 radical (unpaired) electrons. The van der Waals surface area contributed by atoms with E-state index in [-0.39, 0.29) is 11.8 Å². The maximum absolute atomic E-state index is 12.6. The second-order valence-electron chi connectivity index (χ2n) is 7.94. The van der Waals surface area contributed by atoms with Crippen molar-refractivity contribution in [1.29, 1.82) is 0 Å². The highest BCUT2D eigenvalue weighted by Gasteiger charge is 2.34. The normalized spacial score (nSPS) is 16.3. The van der Waals surface area contributed by atoms with E-state index in [0.717, 1.165) is 28.9 Å². The van der Waals surface area contributed by atoms with Crippen LogP contribution in [0.4, 0.5) is 0 Å².